The largest absolute Gasteiger partial charge is 0.454 e. The number of nitrogens with zero attached hydrogens (tertiary/aromatic N) is 4. The number of hydrogen-bond donors (Lipinski definition) is 1. The molecule has 0 fully saturated rings. The van der Waals surface area contributed by atoms with Crippen LogP contribution in [0.3, 0.4) is 0 Å². The molecule has 10 nitrogen and oxygen atoms in total. The molecular formula is C26H35N5O5. The fraction of sp³-hybridized carbons (Fsp3) is 0.538. The zero-order valence-corrected chi connectivity index (χ0v) is 21.1. The van der Waals surface area contributed by atoms with E-state index >= 15 is 0 Å². The minimum atomic E-state index is -0.314. The van der Waals surface area contributed by atoms with E-state index < -0.39 is 0 Å². The summed E-state index contributed by atoms with van der Waals surface area (Å²) >= 11 is 0. The monoisotopic (exact) mass is 497 g/mol. The normalized spacial score (nSPS) is 12.4. The number of hydrogen-bond acceptors (Lipinski definition) is 6. The van der Waals surface area contributed by atoms with Gasteiger partial charge in [-0.2, -0.15) is 0 Å². The molecule has 0 atom stereocenters. The fourth-order valence-electron chi connectivity index (χ4n) is 4.55. The van der Waals surface area contributed by atoms with Gasteiger partial charge in [0.15, 0.2) is 22.7 Å². The van der Waals surface area contributed by atoms with Gasteiger partial charge in [0, 0.05) is 33.6 Å². The van der Waals surface area contributed by atoms with Gasteiger partial charge in [-0.05, 0) is 30.5 Å². The minimum absolute atomic E-state index is 0.0679. The van der Waals surface area contributed by atoms with Crippen LogP contribution >= 0.6 is 0 Å². The van der Waals surface area contributed by atoms with Gasteiger partial charge >= 0.3 is 5.69 Å². The summed E-state index contributed by atoms with van der Waals surface area (Å²) in [6.07, 6.45) is 10.2. The van der Waals surface area contributed by atoms with Crippen LogP contribution in [-0.2, 0) is 32.0 Å². The standard InChI is InChI=1S/C26H35N5O5/c1-29-17-28-24-23(29)25(33)31(26(34)30(24)2)14-10-8-6-4-3-5-7-9-11-22(32)27-16-19-12-13-20-21(15-19)36-18-35-20/h12-13,15,17H,3-11,14,16,18H2,1-2H3,(H,27,32). The zero-order valence-electron chi connectivity index (χ0n) is 21.1. The van der Waals surface area contributed by atoms with E-state index in [9.17, 15) is 14.4 Å². The van der Waals surface area contributed by atoms with Crippen molar-refractivity contribution in [1.82, 2.24) is 24.0 Å². The van der Waals surface area contributed by atoms with Crippen LogP contribution in [0.5, 0.6) is 11.5 Å². The highest BCUT2D eigenvalue weighted by atomic mass is 16.7. The summed E-state index contributed by atoms with van der Waals surface area (Å²) < 4.78 is 15.1. The number of rotatable bonds is 13. The molecule has 4 rings (SSSR count). The van der Waals surface area contributed by atoms with Gasteiger partial charge in [-0.25, -0.2) is 9.78 Å². The number of ether oxygens (including phenoxy) is 2. The van der Waals surface area contributed by atoms with Crippen molar-refractivity contribution in [2.75, 3.05) is 6.79 Å². The van der Waals surface area contributed by atoms with Crippen molar-refractivity contribution in [3.63, 3.8) is 0 Å². The van der Waals surface area contributed by atoms with Crippen LogP contribution in [0.4, 0.5) is 0 Å². The fourth-order valence-corrected chi connectivity index (χ4v) is 4.55. The van der Waals surface area contributed by atoms with Gasteiger partial charge in [-0.3, -0.25) is 18.7 Å². The number of benzene rings is 1. The molecule has 1 N–H and O–H groups in total. The Balaban J connectivity index is 1.05. The lowest BCUT2D eigenvalue weighted by molar-refractivity contribution is -0.121. The van der Waals surface area contributed by atoms with E-state index in [0.29, 0.717) is 30.7 Å². The Bertz CT molecular complexity index is 1320. The van der Waals surface area contributed by atoms with E-state index in [2.05, 4.69) is 10.3 Å². The van der Waals surface area contributed by atoms with Crippen molar-refractivity contribution >= 4 is 17.1 Å². The lowest BCUT2D eigenvalue weighted by Gasteiger charge is -2.08. The maximum atomic E-state index is 12.7. The highest BCUT2D eigenvalue weighted by molar-refractivity contribution is 5.75. The number of unbranched alkanes of at least 4 members (excludes halogenated alkanes) is 7. The number of nitrogens with one attached hydrogen (secondary N) is 1. The average Bonchev–Trinajstić information content (AvgIpc) is 3.50. The maximum absolute atomic E-state index is 12.7. The smallest absolute Gasteiger partial charge is 0.332 e. The first-order chi connectivity index (χ1) is 17.5. The van der Waals surface area contributed by atoms with E-state index in [1.54, 1.807) is 25.0 Å². The van der Waals surface area contributed by atoms with Crippen molar-refractivity contribution in [3.8, 4) is 11.5 Å². The molecule has 0 unspecified atom stereocenters. The summed E-state index contributed by atoms with van der Waals surface area (Å²) in [5.74, 6) is 1.54. The van der Waals surface area contributed by atoms with Gasteiger partial charge in [0.05, 0.1) is 6.33 Å². The summed E-state index contributed by atoms with van der Waals surface area (Å²) in [6.45, 7) is 1.16. The lowest BCUT2D eigenvalue weighted by Crippen LogP contribution is -2.39. The average molecular weight is 498 g/mol. The minimum Gasteiger partial charge on any atom is -0.454 e. The second kappa shape index (κ2) is 11.9. The molecule has 0 radical (unpaired) electrons. The molecule has 1 aliphatic heterocycles. The second-order valence-corrected chi connectivity index (χ2v) is 9.37. The third-order valence-corrected chi connectivity index (χ3v) is 6.66. The van der Waals surface area contributed by atoms with E-state index in [0.717, 1.165) is 68.4 Å². The molecule has 36 heavy (non-hydrogen) atoms. The summed E-state index contributed by atoms with van der Waals surface area (Å²) in [4.78, 5) is 41.5. The van der Waals surface area contributed by atoms with Crippen LogP contribution in [0.25, 0.3) is 11.2 Å². The van der Waals surface area contributed by atoms with Gasteiger partial charge in [0.1, 0.15) is 0 Å². The highest BCUT2D eigenvalue weighted by Gasteiger charge is 2.15. The number of amides is 1. The number of aromatic nitrogens is 4. The molecule has 1 aromatic carbocycles. The first-order valence-electron chi connectivity index (χ1n) is 12.7. The number of carbonyl (C=O) groups is 1. The van der Waals surface area contributed by atoms with Gasteiger partial charge in [-0.1, -0.05) is 44.6 Å². The molecule has 10 heteroatoms. The van der Waals surface area contributed by atoms with Crippen molar-refractivity contribution < 1.29 is 14.3 Å². The summed E-state index contributed by atoms with van der Waals surface area (Å²) in [6, 6.07) is 5.71. The maximum Gasteiger partial charge on any atom is 0.332 e. The Morgan fingerprint density at radius 2 is 1.67 bits per heavy atom. The van der Waals surface area contributed by atoms with Gasteiger partial charge in [0.25, 0.3) is 5.56 Å². The predicted octanol–water partition coefficient (Wildman–Crippen LogP) is 2.99. The lowest BCUT2D eigenvalue weighted by atomic mass is 10.1. The quantitative estimate of drug-likeness (QED) is 0.364. The Hall–Kier alpha value is -3.56. The van der Waals surface area contributed by atoms with Crippen LogP contribution < -0.4 is 26.0 Å². The van der Waals surface area contributed by atoms with E-state index in [-0.39, 0.29) is 23.9 Å². The summed E-state index contributed by atoms with van der Waals surface area (Å²) in [5, 5.41) is 2.96. The first kappa shape index (κ1) is 25.5. The third-order valence-electron chi connectivity index (χ3n) is 6.66. The number of imidazole rings is 1. The topological polar surface area (TPSA) is 109 Å². The number of carbonyl (C=O) groups excluding carboxylic acids is 1. The molecule has 1 aliphatic rings. The van der Waals surface area contributed by atoms with Crippen molar-refractivity contribution in [2.24, 2.45) is 14.1 Å². The Kier molecular flexibility index (Phi) is 8.45. The molecule has 194 valence electrons. The molecule has 1 amide bonds. The van der Waals surface area contributed by atoms with Gasteiger partial charge in [-0.15, -0.1) is 0 Å². The van der Waals surface area contributed by atoms with Crippen LogP contribution in [0, 0.1) is 0 Å². The molecule has 3 heterocycles. The number of fused-ring (bicyclic) bond motifs is 2. The van der Waals surface area contributed by atoms with Gasteiger partial charge < -0.3 is 19.4 Å². The second-order valence-electron chi connectivity index (χ2n) is 9.37. The van der Waals surface area contributed by atoms with Crippen LogP contribution in [-0.4, -0.2) is 31.4 Å². The Morgan fingerprint density at radius 3 is 2.44 bits per heavy atom. The Labute approximate surface area is 209 Å². The molecule has 0 aliphatic carbocycles. The van der Waals surface area contributed by atoms with E-state index in [4.69, 9.17) is 9.47 Å². The SMILES string of the molecule is Cn1cnc2c1c(=O)n(CCCCCCCCCCC(=O)NCc1ccc3c(c1)OCO3)c(=O)n2C. The molecule has 0 bridgehead atoms. The van der Waals surface area contributed by atoms with Crippen LogP contribution in [0.15, 0.2) is 34.1 Å². The van der Waals surface area contributed by atoms with E-state index in [1.165, 1.54) is 9.13 Å². The third kappa shape index (κ3) is 5.98. The molecule has 2 aromatic heterocycles. The van der Waals surface area contributed by atoms with Crippen molar-refractivity contribution in [1.29, 1.82) is 0 Å². The molecule has 3 aromatic rings. The highest BCUT2D eigenvalue weighted by Crippen LogP contribution is 2.32. The van der Waals surface area contributed by atoms with Gasteiger partial charge in [0.2, 0.25) is 12.7 Å². The summed E-state index contributed by atoms with van der Waals surface area (Å²) in [5.41, 5.74) is 1.29. The zero-order chi connectivity index (χ0) is 25.5. The molecule has 0 spiro atoms. The molecule has 0 saturated carbocycles. The Morgan fingerprint density at radius 1 is 0.972 bits per heavy atom. The van der Waals surface area contributed by atoms with Crippen molar-refractivity contribution in [3.05, 3.63) is 50.9 Å². The molecular weight excluding hydrogens is 462 g/mol. The van der Waals surface area contributed by atoms with Crippen LogP contribution in [0.1, 0.15) is 63.4 Å². The summed E-state index contributed by atoms with van der Waals surface area (Å²) in [7, 11) is 3.41. The van der Waals surface area contributed by atoms with E-state index in [1.807, 2.05) is 18.2 Å². The first-order valence-corrected chi connectivity index (χ1v) is 12.7. The van der Waals surface area contributed by atoms with Crippen molar-refractivity contribution in [2.45, 2.75) is 70.9 Å². The van der Waals surface area contributed by atoms with Crippen LogP contribution in [0.2, 0.25) is 0 Å². The predicted molar refractivity (Wildman–Crippen MR) is 136 cm³/mol. The molecule has 0 saturated heterocycles. The number of aryl methyl sites for hydroxylation is 2.